The SMILES string of the molecule is Cn1ccnc1SCC(=O)Nc1ccc(C(=O)NCCC(=O)N2CCCC2)cc1. The van der Waals surface area contributed by atoms with Crippen LogP contribution in [0.5, 0.6) is 0 Å². The van der Waals surface area contributed by atoms with Crippen molar-refractivity contribution in [1.82, 2.24) is 19.8 Å². The lowest BCUT2D eigenvalue weighted by Gasteiger charge is -2.15. The van der Waals surface area contributed by atoms with Gasteiger partial charge in [0.15, 0.2) is 5.16 Å². The van der Waals surface area contributed by atoms with Crippen molar-refractivity contribution in [2.24, 2.45) is 7.05 Å². The Balaban J connectivity index is 1.40. The Morgan fingerprint density at radius 2 is 1.86 bits per heavy atom. The van der Waals surface area contributed by atoms with Crippen LogP contribution in [0.4, 0.5) is 5.69 Å². The third-order valence-corrected chi connectivity index (χ3v) is 5.68. The Bertz CT molecular complexity index is 859. The summed E-state index contributed by atoms with van der Waals surface area (Å²) in [5, 5.41) is 6.34. The number of anilines is 1. The highest BCUT2D eigenvalue weighted by Gasteiger charge is 2.17. The van der Waals surface area contributed by atoms with Crippen LogP contribution in [0.1, 0.15) is 29.6 Å². The van der Waals surface area contributed by atoms with Gasteiger partial charge in [-0.2, -0.15) is 0 Å². The van der Waals surface area contributed by atoms with E-state index in [9.17, 15) is 14.4 Å². The molecular formula is C20H25N5O3S. The van der Waals surface area contributed by atoms with Crippen LogP contribution in [0.25, 0.3) is 0 Å². The number of nitrogens with one attached hydrogen (secondary N) is 2. The van der Waals surface area contributed by atoms with Gasteiger partial charge in [0, 0.05) is 56.7 Å². The fourth-order valence-corrected chi connectivity index (χ4v) is 3.77. The molecule has 9 heteroatoms. The van der Waals surface area contributed by atoms with Crippen LogP contribution in [-0.2, 0) is 16.6 Å². The first-order valence-corrected chi connectivity index (χ1v) is 10.6. The van der Waals surface area contributed by atoms with Gasteiger partial charge in [-0.15, -0.1) is 0 Å². The van der Waals surface area contributed by atoms with Crippen LogP contribution in [0.2, 0.25) is 0 Å². The highest BCUT2D eigenvalue weighted by molar-refractivity contribution is 7.99. The van der Waals surface area contributed by atoms with Crippen molar-refractivity contribution < 1.29 is 14.4 Å². The molecule has 154 valence electrons. The zero-order valence-corrected chi connectivity index (χ0v) is 17.2. The quantitative estimate of drug-likeness (QED) is 0.642. The molecule has 0 radical (unpaired) electrons. The number of hydrogen-bond acceptors (Lipinski definition) is 5. The zero-order valence-electron chi connectivity index (χ0n) is 16.4. The summed E-state index contributed by atoms with van der Waals surface area (Å²) in [5.41, 5.74) is 1.11. The van der Waals surface area contributed by atoms with E-state index in [4.69, 9.17) is 0 Å². The van der Waals surface area contributed by atoms with E-state index in [1.807, 2.05) is 22.7 Å². The predicted octanol–water partition coefficient (Wildman–Crippen LogP) is 1.89. The molecular weight excluding hydrogens is 390 g/mol. The van der Waals surface area contributed by atoms with Gasteiger partial charge in [0.25, 0.3) is 5.91 Å². The van der Waals surface area contributed by atoms with Gasteiger partial charge in [0.05, 0.1) is 5.75 Å². The van der Waals surface area contributed by atoms with E-state index < -0.39 is 0 Å². The maximum Gasteiger partial charge on any atom is 0.251 e. The van der Waals surface area contributed by atoms with Crippen LogP contribution in [0, 0.1) is 0 Å². The van der Waals surface area contributed by atoms with Gasteiger partial charge in [-0.25, -0.2) is 4.98 Å². The summed E-state index contributed by atoms with van der Waals surface area (Å²) in [5.74, 6) is -0.0414. The minimum absolute atomic E-state index is 0.0873. The third kappa shape index (κ3) is 6.08. The molecule has 1 fully saturated rings. The van der Waals surface area contributed by atoms with Crippen molar-refractivity contribution in [2.45, 2.75) is 24.4 Å². The van der Waals surface area contributed by atoms with Crippen molar-refractivity contribution in [3.05, 3.63) is 42.2 Å². The van der Waals surface area contributed by atoms with E-state index in [-0.39, 0.29) is 23.5 Å². The molecule has 0 aliphatic carbocycles. The molecule has 1 saturated heterocycles. The minimum atomic E-state index is -0.234. The molecule has 1 aliphatic rings. The van der Waals surface area contributed by atoms with Gasteiger partial charge in [-0.1, -0.05) is 11.8 Å². The summed E-state index contributed by atoms with van der Waals surface area (Å²) in [6.07, 6.45) is 5.94. The fraction of sp³-hybridized carbons (Fsp3) is 0.400. The smallest absolute Gasteiger partial charge is 0.251 e. The number of hydrogen-bond donors (Lipinski definition) is 2. The van der Waals surface area contributed by atoms with Crippen LogP contribution < -0.4 is 10.6 Å². The van der Waals surface area contributed by atoms with E-state index in [2.05, 4.69) is 15.6 Å². The highest BCUT2D eigenvalue weighted by Crippen LogP contribution is 2.16. The standard InChI is InChI=1S/C20H25N5O3S/c1-24-13-10-22-20(24)29-14-17(26)23-16-6-4-15(5-7-16)19(28)21-9-8-18(27)25-11-2-3-12-25/h4-7,10,13H,2-3,8-9,11-12,14H2,1H3,(H,21,28)(H,23,26). The molecule has 0 atom stereocenters. The first-order chi connectivity index (χ1) is 14.0. The van der Waals surface area contributed by atoms with E-state index in [0.717, 1.165) is 31.1 Å². The lowest BCUT2D eigenvalue weighted by molar-refractivity contribution is -0.130. The number of aryl methyl sites for hydroxylation is 1. The Hall–Kier alpha value is -2.81. The molecule has 0 spiro atoms. The number of benzene rings is 1. The molecule has 0 bridgehead atoms. The van der Waals surface area contributed by atoms with Gasteiger partial charge in [-0.05, 0) is 37.1 Å². The molecule has 0 unspecified atom stereocenters. The Morgan fingerprint density at radius 1 is 1.14 bits per heavy atom. The van der Waals surface area contributed by atoms with Gasteiger partial charge in [0.2, 0.25) is 11.8 Å². The number of thioether (sulfide) groups is 1. The van der Waals surface area contributed by atoms with Crippen molar-refractivity contribution in [3.8, 4) is 0 Å². The summed E-state index contributed by atoms with van der Waals surface area (Å²) in [6, 6.07) is 6.68. The monoisotopic (exact) mass is 415 g/mol. The second-order valence-electron chi connectivity index (χ2n) is 6.83. The number of carbonyl (C=O) groups excluding carboxylic acids is 3. The minimum Gasteiger partial charge on any atom is -0.352 e. The third-order valence-electron chi connectivity index (χ3n) is 4.62. The molecule has 2 heterocycles. The van der Waals surface area contributed by atoms with E-state index in [1.165, 1.54) is 11.8 Å². The fourth-order valence-electron chi connectivity index (χ4n) is 3.03. The Kier molecular flexibility index (Phi) is 7.29. The number of imidazole rings is 1. The van der Waals surface area contributed by atoms with Crippen molar-refractivity contribution >= 4 is 35.2 Å². The van der Waals surface area contributed by atoms with Gasteiger partial charge in [-0.3, -0.25) is 14.4 Å². The molecule has 2 N–H and O–H groups in total. The summed E-state index contributed by atoms with van der Waals surface area (Å²) in [7, 11) is 1.87. The Morgan fingerprint density at radius 3 is 2.52 bits per heavy atom. The van der Waals surface area contributed by atoms with Gasteiger partial charge in [0.1, 0.15) is 0 Å². The predicted molar refractivity (Wildman–Crippen MR) is 112 cm³/mol. The first kappa shape index (κ1) is 20.9. The molecule has 3 rings (SSSR count). The number of rotatable bonds is 8. The number of likely N-dealkylation sites (tertiary alicyclic amines) is 1. The number of aromatic nitrogens is 2. The van der Waals surface area contributed by atoms with Crippen molar-refractivity contribution in [1.29, 1.82) is 0 Å². The molecule has 0 saturated carbocycles. The number of amides is 3. The van der Waals surface area contributed by atoms with E-state index in [0.29, 0.717) is 24.2 Å². The summed E-state index contributed by atoms with van der Waals surface area (Å²) >= 11 is 1.35. The van der Waals surface area contributed by atoms with Crippen LogP contribution in [0.3, 0.4) is 0 Å². The lowest BCUT2D eigenvalue weighted by atomic mass is 10.2. The van der Waals surface area contributed by atoms with E-state index in [1.54, 1.807) is 30.5 Å². The maximum atomic E-state index is 12.2. The number of carbonyl (C=O) groups is 3. The van der Waals surface area contributed by atoms with Crippen molar-refractivity contribution in [3.63, 3.8) is 0 Å². The van der Waals surface area contributed by atoms with Gasteiger partial charge < -0.3 is 20.1 Å². The normalized spacial score (nSPS) is 13.3. The first-order valence-electron chi connectivity index (χ1n) is 9.59. The Labute approximate surface area is 174 Å². The second-order valence-corrected chi connectivity index (χ2v) is 7.77. The molecule has 2 aromatic rings. The summed E-state index contributed by atoms with van der Waals surface area (Å²) in [4.78, 5) is 42.3. The second kappa shape index (κ2) is 10.1. The van der Waals surface area contributed by atoms with Crippen LogP contribution in [0.15, 0.2) is 41.8 Å². The zero-order chi connectivity index (χ0) is 20.6. The summed E-state index contributed by atoms with van der Waals surface area (Å²) < 4.78 is 1.85. The molecule has 1 aliphatic heterocycles. The number of nitrogens with zero attached hydrogens (tertiary/aromatic N) is 3. The topological polar surface area (TPSA) is 96.3 Å². The summed E-state index contributed by atoms with van der Waals surface area (Å²) in [6.45, 7) is 1.96. The van der Waals surface area contributed by atoms with Crippen LogP contribution in [-0.4, -0.2) is 57.6 Å². The molecule has 29 heavy (non-hydrogen) atoms. The highest BCUT2D eigenvalue weighted by atomic mass is 32.2. The average molecular weight is 416 g/mol. The maximum absolute atomic E-state index is 12.2. The van der Waals surface area contributed by atoms with E-state index >= 15 is 0 Å². The largest absolute Gasteiger partial charge is 0.352 e. The molecule has 3 amide bonds. The van der Waals surface area contributed by atoms with Crippen molar-refractivity contribution in [2.75, 3.05) is 30.7 Å². The molecule has 8 nitrogen and oxygen atoms in total. The van der Waals surface area contributed by atoms with Gasteiger partial charge >= 0.3 is 0 Å². The lowest BCUT2D eigenvalue weighted by Crippen LogP contribution is -2.32. The molecule has 1 aromatic heterocycles. The van der Waals surface area contributed by atoms with Crippen LogP contribution >= 0.6 is 11.8 Å². The molecule has 1 aromatic carbocycles. The average Bonchev–Trinajstić information content (AvgIpc) is 3.39.